The fraction of sp³-hybridized carbons (Fsp3) is 0.263. The number of nitrogens with zero attached hydrogens (tertiary/aromatic N) is 5. The molecule has 0 radical (unpaired) electrons. The normalized spacial score (nSPS) is 17.4. The third kappa shape index (κ3) is 3.03. The number of amides is 1. The molecule has 1 aliphatic heterocycles. The average Bonchev–Trinajstić information content (AvgIpc) is 3.23. The van der Waals surface area contributed by atoms with Crippen molar-refractivity contribution in [2.45, 2.75) is 25.3 Å². The van der Waals surface area contributed by atoms with E-state index in [1.807, 2.05) is 41.4 Å². The van der Waals surface area contributed by atoms with E-state index in [1.54, 1.807) is 23.4 Å². The van der Waals surface area contributed by atoms with E-state index in [0.29, 0.717) is 5.56 Å². The third-order valence-electron chi connectivity index (χ3n) is 4.66. The minimum atomic E-state index is 0.0397. The van der Waals surface area contributed by atoms with E-state index in [2.05, 4.69) is 21.2 Å². The highest BCUT2D eigenvalue weighted by molar-refractivity contribution is 5.98. The number of rotatable bonds is 3. The molecule has 0 spiro atoms. The second kappa shape index (κ2) is 6.84. The molecule has 0 unspecified atom stereocenters. The minimum Gasteiger partial charge on any atom is -0.331 e. The van der Waals surface area contributed by atoms with Crippen LogP contribution in [0.3, 0.4) is 0 Å². The number of pyridine rings is 1. The molecule has 1 saturated heterocycles. The van der Waals surface area contributed by atoms with Crippen molar-refractivity contribution in [1.82, 2.24) is 24.6 Å². The van der Waals surface area contributed by atoms with E-state index in [0.717, 1.165) is 37.1 Å². The van der Waals surface area contributed by atoms with Crippen LogP contribution in [0, 0.1) is 0 Å². The van der Waals surface area contributed by atoms with Gasteiger partial charge in [-0.25, -0.2) is 0 Å². The summed E-state index contributed by atoms with van der Waals surface area (Å²) in [6, 6.07) is 11.6. The number of piperidine rings is 1. The largest absolute Gasteiger partial charge is 0.331 e. The Morgan fingerprint density at radius 2 is 1.88 bits per heavy atom. The lowest BCUT2D eigenvalue weighted by Gasteiger charge is -2.36. The maximum atomic E-state index is 13.4. The van der Waals surface area contributed by atoms with Crippen LogP contribution in [0.25, 0.3) is 5.69 Å². The highest BCUT2D eigenvalue weighted by Gasteiger charge is 2.30. The van der Waals surface area contributed by atoms with Crippen molar-refractivity contribution in [1.29, 1.82) is 0 Å². The molecule has 1 atom stereocenters. The Labute approximate surface area is 146 Å². The molecule has 2 aromatic heterocycles. The first-order valence-corrected chi connectivity index (χ1v) is 8.49. The lowest BCUT2D eigenvalue weighted by Crippen LogP contribution is -2.39. The SMILES string of the molecule is O=C(c1ccccc1-n1cnnc1)N1CCCC[C@@H]1c1cccnc1. The highest BCUT2D eigenvalue weighted by Crippen LogP contribution is 2.32. The Hall–Kier alpha value is -3.02. The van der Waals surface area contributed by atoms with Crippen LogP contribution < -0.4 is 0 Å². The average molecular weight is 333 g/mol. The van der Waals surface area contributed by atoms with E-state index in [4.69, 9.17) is 0 Å². The Morgan fingerprint density at radius 1 is 1.04 bits per heavy atom. The molecule has 1 aromatic carbocycles. The van der Waals surface area contributed by atoms with E-state index in [1.165, 1.54) is 0 Å². The Kier molecular flexibility index (Phi) is 4.24. The first-order valence-electron chi connectivity index (χ1n) is 8.49. The summed E-state index contributed by atoms with van der Waals surface area (Å²) in [5.74, 6) is 0.0397. The summed E-state index contributed by atoms with van der Waals surface area (Å²) in [6.45, 7) is 0.759. The highest BCUT2D eigenvalue weighted by atomic mass is 16.2. The first-order chi connectivity index (χ1) is 12.3. The summed E-state index contributed by atoms with van der Waals surface area (Å²) in [7, 11) is 0. The van der Waals surface area contributed by atoms with Crippen molar-refractivity contribution in [3.63, 3.8) is 0 Å². The zero-order chi connectivity index (χ0) is 17.1. The lowest BCUT2D eigenvalue weighted by atomic mass is 9.95. The van der Waals surface area contributed by atoms with Gasteiger partial charge < -0.3 is 4.90 Å². The number of benzene rings is 1. The number of hydrogen-bond donors (Lipinski definition) is 0. The predicted octanol–water partition coefficient (Wildman–Crippen LogP) is 3.03. The summed E-state index contributed by atoms with van der Waals surface area (Å²) >= 11 is 0. The second-order valence-electron chi connectivity index (χ2n) is 6.18. The van der Waals surface area contributed by atoms with Gasteiger partial charge in [0, 0.05) is 18.9 Å². The molecule has 4 rings (SSSR count). The number of para-hydroxylation sites is 1. The van der Waals surface area contributed by atoms with Gasteiger partial charge in [-0.15, -0.1) is 10.2 Å². The summed E-state index contributed by atoms with van der Waals surface area (Å²) < 4.78 is 1.77. The predicted molar refractivity (Wildman–Crippen MR) is 93.2 cm³/mol. The van der Waals surface area contributed by atoms with Crippen LogP contribution in [0.5, 0.6) is 0 Å². The van der Waals surface area contributed by atoms with Crippen LogP contribution >= 0.6 is 0 Å². The van der Waals surface area contributed by atoms with Gasteiger partial charge >= 0.3 is 0 Å². The fourth-order valence-electron chi connectivity index (χ4n) is 3.45. The van der Waals surface area contributed by atoms with Gasteiger partial charge in [0.1, 0.15) is 12.7 Å². The molecule has 0 N–H and O–H groups in total. The topological polar surface area (TPSA) is 63.9 Å². The third-order valence-corrected chi connectivity index (χ3v) is 4.66. The van der Waals surface area contributed by atoms with E-state index < -0.39 is 0 Å². The minimum absolute atomic E-state index is 0.0397. The summed E-state index contributed by atoms with van der Waals surface area (Å²) in [6.07, 6.45) is 9.96. The van der Waals surface area contributed by atoms with Crippen LogP contribution in [-0.4, -0.2) is 37.1 Å². The smallest absolute Gasteiger partial charge is 0.256 e. The van der Waals surface area contributed by atoms with Crippen molar-refractivity contribution in [3.05, 3.63) is 72.6 Å². The molecule has 1 fully saturated rings. The van der Waals surface area contributed by atoms with Crippen LogP contribution in [0.15, 0.2) is 61.4 Å². The van der Waals surface area contributed by atoms with Gasteiger partial charge in [-0.1, -0.05) is 18.2 Å². The van der Waals surface area contributed by atoms with Gasteiger partial charge in [-0.3, -0.25) is 14.3 Å². The number of hydrogen-bond acceptors (Lipinski definition) is 4. The van der Waals surface area contributed by atoms with E-state index in [-0.39, 0.29) is 11.9 Å². The molecular formula is C19H19N5O. The molecule has 126 valence electrons. The zero-order valence-corrected chi connectivity index (χ0v) is 13.8. The fourth-order valence-corrected chi connectivity index (χ4v) is 3.45. The monoisotopic (exact) mass is 333 g/mol. The number of carbonyl (C=O) groups excluding carboxylic acids is 1. The Bertz CT molecular complexity index is 847. The van der Waals surface area contributed by atoms with Crippen LogP contribution in [-0.2, 0) is 0 Å². The molecule has 0 bridgehead atoms. The zero-order valence-electron chi connectivity index (χ0n) is 13.8. The molecule has 1 amide bonds. The second-order valence-corrected chi connectivity index (χ2v) is 6.18. The van der Waals surface area contributed by atoms with Crippen molar-refractivity contribution in [2.75, 3.05) is 6.54 Å². The van der Waals surface area contributed by atoms with Crippen LogP contribution in [0.1, 0.15) is 41.2 Å². The van der Waals surface area contributed by atoms with Gasteiger partial charge in [0.2, 0.25) is 0 Å². The van der Waals surface area contributed by atoms with Crippen LogP contribution in [0.2, 0.25) is 0 Å². The standard InChI is InChI=1S/C19H19N5O/c25-19(16-7-1-2-9-18(16)23-13-21-22-14-23)24-11-4-3-8-17(24)15-6-5-10-20-12-15/h1-2,5-7,9-10,12-14,17H,3-4,8,11H2/t17-/m1/s1. The molecule has 0 aliphatic carbocycles. The number of carbonyl (C=O) groups is 1. The summed E-state index contributed by atoms with van der Waals surface area (Å²) in [5.41, 5.74) is 2.56. The molecule has 6 nitrogen and oxygen atoms in total. The van der Waals surface area contributed by atoms with Gasteiger partial charge in [0.15, 0.2) is 0 Å². The van der Waals surface area contributed by atoms with Crippen molar-refractivity contribution >= 4 is 5.91 Å². The summed E-state index contributed by atoms with van der Waals surface area (Å²) in [4.78, 5) is 19.6. The van der Waals surface area contributed by atoms with Gasteiger partial charge in [0.05, 0.1) is 17.3 Å². The number of likely N-dealkylation sites (tertiary alicyclic amines) is 1. The van der Waals surface area contributed by atoms with E-state index in [9.17, 15) is 4.79 Å². The van der Waals surface area contributed by atoms with E-state index >= 15 is 0 Å². The molecular weight excluding hydrogens is 314 g/mol. The molecule has 0 saturated carbocycles. The molecule has 1 aliphatic rings. The lowest BCUT2D eigenvalue weighted by molar-refractivity contribution is 0.0611. The van der Waals surface area contributed by atoms with Crippen molar-refractivity contribution in [2.24, 2.45) is 0 Å². The maximum absolute atomic E-state index is 13.4. The van der Waals surface area contributed by atoms with Crippen molar-refractivity contribution in [3.8, 4) is 5.69 Å². The Morgan fingerprint density at radius 3 is 2.68 bits per heavy atom. The van der Waals surface area contributed by atoms with Gasteiger partial charge in [0.25, 0.3) is 5.91 Å². The number of aromatic nitrogens is 4. The maximum Gasteiger partial charge on any atom is 0.256 e. The van der Waals surface area contributed by atoms with Gasteiger partial charge in [-0.2, -0.15) is 0 Å². The van der Waals surface area contributed by atoms with Crippen molar-refractivity contribution < 1.29 is 4.79 Å². The quantitative estimate of drug-likeness (QED) is 0.739. The first kappa shape index (κ1) is 15.5. The molecule has 25 heavy (non-hydrogen) atoms. The van der Waals surface area contributed by atoms with Gasteiger partial charge in [-0.05, 0) is 43.0 Å². The van der Waals surface area contributed by atoms with Crippen LogP contribution in [0.4, 0.5) is 0 Å². The Balaban J connectivity index is 1.70. The molecule has 6 heteroatoms. The molecule has 3 aromatic rings. The molecule has 3 heterocycles. The summed E-state index contributed by atoms with van der Waals surface area (Å²) in [5, 5.41) is 7.71.